The number of rotatable bonds is 7. The van der Waals surface area contributed by atoms with E-state index in [4.69, 9.17) is 4.74 Å². The molecule has 0 fully saturated rings. The van der Waals surface area contributed by atoms with Crippen LogP contribution in [-0.4, -0.2) is 29.4 Å². The molecule has 0 unspecified atom stereocenters. The Labute approximate surface area is 151 Å². The zero-order valence-corrected chi connectivity index (χ0v) is 14.5. The molecule has 0 saturated heterocycles. The highest BCUT2D eigenvalue weighted by molar-refractivity contribution is 5.92. The molecule has 0 aromatic heterocycles. The Morgan fingerprint density at radius 3 is 2.27 bits per heavy atom. The molecule has 7 nitrogen and oxygen atoms in total. The van der Waals surface area contributed by atoms with Gasteiger partial charge in [0.2, 0.25) is 0 Å². The van der Waals surface area contributed by atoms with Crippen molar-refractivity contribution in [3.05, 3.63) is 75.8 Å². The molecule has 0 heterocycles. The van der Waals surface area contributed by atoms with E-state index in [1.54, 1.807) is 0 Å². The molecule has 0 aliphatic rings. The van der Waals surface area contributed by atoms with Crippen molar-refractivity contribution in [1.82, 2.24) is 5.32 Å². The number of nitrogens with zero attached hydrogens (tertiary/aromatic N) is 1. The van der Waals surface area contributed by atoms with Crippen LogP contribution in [0, 0.1) is 10.1 Å². The predicted molar refractivity (Wildman–Crippen MR) is 95.8 cm³/mol. The zero-order chi connectivity index (χ0) is 19.1. The smallest absolute Gasteiger partial charge is 0.338 e. The van der Waals surface area contributed by atoms with Crippen LogP contribution >= 0.6 is 0 Å². The van der Waals surface area contributed by atoms with Crippen LogP contribution in [-0.2, 0) is 9.53 Å². The summed E-state index contributed by atoms with van der Waals surface area (Å²) in [6, 6.07) is 14.8. The van der Waals surface area contributed by atoms with Crippen molar-refractivity contribution in [3.63, 3.8) is 0 Å². The number of benzene rings is 2. The first-order chi connectivity index (χ1) is 12.4. The molecule has 0 aliphatic carbocycles. The topological polar surface area (TPSA) is 98.5 Å². The van der Waals surface area contributed by atoms with Gasteiger partial charge in [0.15, 0.2) is 6.10 Å². The normalized spacial score (nSPS) is 12.7. The van der Waals surface area contributed by atoms with Gasteiger partial charge >= 0.3 is 5.97 Å². The lowest BCUT2D eigenvalue weighted by Gasteiger charge is -2.16. The first kappa shape index (κ1) is 19.1. The number of nitro benzene ring substituents is 1. The van der Waals surface area contributed by atoms with Crippen LogP contribution in [0.1, 0.15) is 35.7 Å². The predicted octanol–water partition coefficient (Wildman–Crippen LogP) is 3.06. The number of nitro groups is 1. The second-order valence-electron chi connectivity index (χ2n) is 5.91. The Morgan fingerprint density at radius 1 is 1.08 bits per heavy atom. The molecule has 0 radical (unpaired) electrons. The van der Waals surface area contributed by atoms with Crippen molar-refractivity contribution in [2.75, 3.05) is 6.54 Å². The van der Waals surface area contributed by atoms with E-state index in [-0.39, 0.29) is 17.2 Å². The summed E-state index contributed by atoms with van der Waals surface area (Å²) in [7, 11) is 0. The Hall–Kier alpha value is -3.22. The number of amides is 1. The second kappa shape index (κ2) is 8.75. The van der Waals surface area contributed by atoms with Crippen LogP contribution in [0.15, 0.2) is 54.6 Å². The fraction of sp³-hybridized carbons (Fsp3) is 0.263. The standard InChI is InChI=1S/C19H20N2O5/c1-13(15-6-4-3-5-7-15)12-20-18(22)14(2)26-19(23)16-8-10-17(11-9-16)21(24)25/h3-11,13-14H,12H2,1-2H3,(H,20,22)/t13-,14+/m0/s1. The van der Waals surface area contributed by atoms with Gasteiger partial charge in [-0.1, -0.05) is 37.3 Å². The maximum absolute atomic E-state index is 12.1. The first-order valence-electron chi connectivity index (χ1n) is 8.16. The summed E-state index contributed by atoms with van der Waals surface area (Å²) in [5, 5.41) is 13.4. The fourth-order valence-corrected chi connectivity index (χ4v) is 2.30. The molecular formula is C19H20N2O5. The van der Waals surface area contributed by atoms with Crippen LogP contribution in [0.2, 0.25) is 0 Å². The number of hydrogen-bond donors (Lipinski definition) is 1. The third-order valence-electron chi connectivity index (χ3n) is 3.92. The van der Waals surface area contributed by atoms with E-state index in [9.17, 15) is 19.7 Å². The van der Waals surface area contributed by atoms with Gasteiger partial charge in [-0.15, -0.1) is 0 Å². The van der Waals surface area contributed by atoms with E-state index < -0.39 is 22.9 Å². The van der Waals surface area contributed by atoms with Crippen molar-refractivity contribution >= 4 is 17.6 Å². The van der Waals surface area contributed by atoms with Gasteiger partial charge in [0.05, 0.1) is 10.5 Å². The Kier molecular flexibility index (Phi) is 6.43. The number of non-ortho nitro benzene ring substituents is 1. The minimum atomic E-state index is -0.972. The number of nitrogens with one attached hydrogen (secondary N) is 1. The van der Waals surface area contributed by atoms with E-state index >= 15 is 0 Å². The molecule has 26 heavy (non-hydrogen) atoms. The molecule has 1 amide bonds. The molecule has 2 atom stereocenters. The summed E-state index contributed by atoms with van der Waals surface area (Å²) in [5.74, 6) is -0.987. The van der Waals surface area contributed by atoms with Crippen molar-refractivity contribution in [2.24, 2.45) is 0 Å². The summed E-state index contributed by atoms with van der Waals surface area (Å²) < 4.78 is 5.12. The highest BCUT2D eigenvalue weighted by Crippen LogP contribution is 2.14. The van der Waals surface area contributed by atoms with Gasteiger partial charge in [-0.05, 0) is 30.5 Å². The van der Waals surface area contributed by atoms with Gasteiger partial charge in [0.25, 0.3) is 11.6 Å². The van der Waals surface area contributed by atoms with Crippen molar-refractivity contribution in [2.45, 2.75) is 25.9 Å². The summed E-state index contributed by atoms with van der Waals surface area (Å²) in [6.45, 7) is 3.89. The maximum atomic E-state index is 12.1. The average molecular weight is 356 g/mol. The zero-order valence-electron chi connectivity index (χ0n) is 14.5. The van der Waals surface area contributed by atoms with Crippen LogP contribution in [0.25, 0.3) is 0 Å². The molecular weight excluding hydrogens is 336 g/mol. The molecule has 2 rings (SSSR count). The van der Waals surface area contributed by atoms with Crippen molar-refractivity contribution < 1.29 is 19.2 Å². The monoisotopic (exact) mass is 356 g/mol. The molecule has 2 aromatic carbocycles. The lowest BCUT2D eigenvalue weighted by Crippen LogP contribution is -2.37. The lowest BCUT2D eigenvalue weighted by atomic mass is 10.0. The van der Waals surface area contributed by atoms with Crippen LogP contribution in [0.4, 0.5) is 5.69 Å². The summed E-state index contributed by atoms with van der Waals surface area (Å²) in [4.78, 5) is 34.2. The number of ether oxygens (including phenoxy) is 1. The van der Waals surface area contributed by atoms with Crippen LogP contribution in [0.5, 0.6) is 0 Å². The summed E-state index contributed by atoms with van der Waals surface area (Å²) in [6.07, 6.45) is -0.972. The Morgan fingerprint density at radius 2 is 1.69 bits per heavy atom. The lowest BCUT2D eigenvalue weighted by molar-refractivity contribution is -0.384. The van der Waals surface area contributed by atoms with Gasteiger partial charge in [0, 0.05) is 18.7 Å². The number of esters is 1. The van der Waals surface area contributed by atoms with Crippen molar-refractivity contribution in [1.29, 1.82) is 0 Å². The number of carbonyl (C=O) groups is 2. The van der Waals surface area contributed by atoms with Crippen molar-refractivity contribution in [3.8, 4) is 0 Å². The summed E-state index contributed by atoms with van der Waals surface area (Å²) >= 11 is 0. The highest BCUT2D eigenvalue weighted by atomic mass is 16.6. The Bertz CT molecular complexity index is 774. The van der Waals surface area contributed by atoms with Gasteiger partial charge < -0.3 is 10.1 Å². The van der Waals surface area contributed by atoms with E-state index in [0.717, 1.165) is 5.56 Å². The van der Waals surface area contributed by atoms with E-state index in [0.29, 0.717) is 6.54 Å². The molecule has 136 valence electrons. The maximum Gasteiger partial charge on any atom is 0.338 e. The number of hydrogen-bond acceptors (Lipinski definition) is 5. The highest BCUT2D eigenvalue weighted by Gasteiger charge is 2.20. The molecule has 2 aromatic rings. The van der Waals surface area contributed by atoms with Crippen LogP contribution < -0.4 is 5.32 Å². The largest absolute Gasteiger partial charge is 0.449 e. The molecule has 0 aliphatic heterocycles. The molecule has 7 heteroatoms. The molecule has 0 saturated carbocycles. The number of carbonyl (C=O) groups excluding carboxylic acids is 2. The Balaban J connectivity index is 1.86. The van der Waals surface area contributed by atoms with Gasteiger partial charge in [0.1, 0.15) is 0 Å². The summed E-state index contributed by atoms with van der Waals surface area (Å²) in [5.41, 5.74) is 1.12. The first-order valence-corrected chi connectivity index (χ1v) is 8.16. The van der Waals surface area contributed by atoms with E-state index in [2.05, 4.69) is 5.32 Å². The van der Waals surface area contributed by atoms with E-state index in [1.165, 1.54) is 31.2 Å². The molecule has 0 spiro atoms. The fourth-order valence-electron chi connectivity index (χ4n) is 2.30. The average Bonchev–Trinajstić information content (AvgIpc) is 2.66. The van der Waals surface area contributed by atoms with Crippen LogP contribution in [0.3, 0.4) is 0 Å². The van der Waals surface area contributed by atoms with Gasteiger partial charge in [-0.25, -0.2) is 4.79 Å². The SMILES string of the molecule is C[C@@H](OC(=O)c1ccc([N+](=O)[O-])cc1)C(=O)NC[C@H](C)c1ccccc1. The third kappa shape index (κ3) is 5.14. The third-order valence-corrected chi connectivity index (χ3v) is 3.92. The van der Waals surface area contributed by atoms with Gasteiger partial charge in [-0.2, -0.15) is 0 Å². The molecule has 1 N–H and O–H groups in total. The second-order valence-corrected chi connectivity index (χ2v) is 5.91. The minimum absolute atomic E-state index is 0.123. The van der Waals surface area contributed by atoms with Gasteiger partial charge in [-0.3, -0.25) is 14.9 Å². The van der Waals surface area contributed by atoms with E-state index in [1.807, 2.05) is 37.3 Å². The quantitative estimate of drug-likeness (QED) is 0.467. The minimum Gasteiger partial charge on any atom is -0.449 e. The molecule has 0 bridgehead atoms.